The van der Waals surface area contributed by atoms with Crippen molar-refractivity contribution in [2.45, 2.75) is 0 Å². The van der Waals surface area contributed by atoms with Gasteiger partial charge in [-0.15, -0.1) is 0 Å². The third-order valence-electron chi connectivity index (χ3n) is 11.3. The van der Waals surface area contributed by atoms with Gasteiger partial charge in [-0.3, -0.25) is 0 Å². The Morgan fingerprint density at radius 1 is 0.290 bits per heavy atom. The summed E-state index contributed by atoms with van der Waals surface area (Å²) in [5.41, 5.74) is 9.55. The number of esters is 2. The van der Waals surface area contributed by atoms with Gasteiger partial charge in [0.2, 0.25) is 0 Å². The lowest BCUT2D eigenvalue weighted by Gasteiger charge is -2.24. The number of carbonyl (C=O) groups excluding carboxylic acids is 2. The molecule has 0 fully saturated rings. The standard InChI is InChI=1S/C58H38O4/c59-57(45-33-29-41(30-34-45)39-17-5-1-6-18-39)61-55-49-27-15-13-25-47(49)37-51(43-21-9-3-10-22-43)53(55)54-52(44-23-11-4-12-24-44)38-48-26-14-16-28-50(48)56(54)62-58(60)46-35-31-42(32-36-46)40-19-7-2-8-20-40/h1-38H. The van der Waals surface area contributed by atoms with Crippen LogP contribution in [0.25, 0.3) is 77.2 Å². The van der Waals surface area contributed by atoms with Crippen LogP contribution in [0.3, 0.4) is 0 Å². The average Bonchev–Trinajstić information content (AvgIpc) is 3.35. The predicted octanol–water partition coefficient (Wildman–Crippen LogP) is 14.8. The van der Waals surface area contributed by atoms with E-state index >= 15 is 0 Å². The minimum Gasteiger partial charge on any atom is -0.422 e. The van der Waals surface area contributed by atoms with Crippen LogP contribution in [0, 0.1) is 0 Å². The van der Waals surface area contributed by atoms with Gasteiger partial charge < -0.3 is 9.47 Å². The Morgan fingerprint density at radius 3 is 0.935 bits per heavy atom. The van der Waals surface area contributed by atoms with Gasteiger partial charge in [-0.25, -0.2) is 9.59 Å². The fraction of sp³-hybridized carbons (Fsp3) is 0. The van der Waals surface area contributed by atoms with E-state index in [-0.39, 0.29) is 0 Å². The lowest BCUT2D eigenvalue weighted by molar-refractivity contribution is 0.0725. The van der Waals surface area contributed by atoms with Gasteiger partial charge in [-0.2, -0.15) is 0 Å². The summed E-state index contributed by atoms with van der Waals surface area (Å²) < 4.78 is 13.5. The number of hydrogen-bond acceptors (Lipinski definition) is 4. The van der Waals surface area contributed by atoms with Crippen LogP contribution in [-0.2, 0) is 0 Å². The summed E-state index contributed by atoms with van der Waals surface area (Å²) in [4.78, 5) is 29.1. The van der Waals surface area contributed by atoms with E-state index in [1.54, 1.807) is 24.3 Å². The fourth-order valence-corrected chi connectivity index (χ4v) is 8.19. The zero-order chi connectivity index (χ0) is 41.8. The van der Waals surface area contributed by atoms with E-state index in [0.717, 1.165) is 66.1 Å². The van der Waals surface area contributed by atoms with Crippen molar-refractivity contribution in [2.24, 2.45) is 0 Å². The minimum absolute atomic E-state index is 0.357. The molecule has 0 unspecified atom stereocenters. The van der Waals surface area contributed by atoms with Crippen molar-refractivity contribution in [3.05, 3.63) is 242 Å². The Bertz CT molecular complexity index is 2990. The third kappa shape index (κ3) is 7.42. The molecule has 0 N–H and O–H groups in total. The van der Waals surface area contributed by atoms with Gasteiger partial charge in [0.25, 0.3) is 0 Å². The Kier molecular flexibility index (Phi) is 10.2. The molecule has 0 atom stereocenters. The van der Waals surface area contributed by atoms with E-state index in [4.69, 9.17) is 9.47 Å². The highest BCUT2D eigenvalue weighted by Crippen LogP contribution is 2.53. The van der Waals surface area contributed by atoms with E-state index in [1.807, 2.05) is 194 Å². The van der Waals surface area contributed by atoms with Crippen molar-refractivity contribution < 1.29 is 19.1 Å². The lowest BCUT2D eigenvalue weighted by Crippen LogP contribution is -2.12. The van der Waals surface area contributed by atoms with Crippen LogP contribution in [0.5, 0.6) is 11.5 Å². The Hall–Kier alpha value is -8.34. The molecule has 0 spiro atoms. The molecular weight excluding hydrogens is 761 g/mol. The van der Waals surface area contributed by atoms with E-state index in [9.17, 15) is 9.59 Å². The average molecular weight is 799 g/mol. The fourth-order valence-electron chi connectivity index (χ4n) is 8.19. The van der Waals surface area contributed by atoms with Crippen LogP contribution in [0.2, 0.25) is 0 Å². The van der Waals surface area contributed by atoms with Gasteiger partial charge >= 0.3 is 11.9 Å². The molecule has 0 aliphatic rings. The highest BCUT2D eigenvalue weighted by atomic mass is 16.5. The molecule has 0 aromatic heterocycles. The summed E-state index contributed by atoms with van der Waals surface area (Å²) in [6.07, 6.45) is 0. The van der Waals surface area contributed by atoms with Crippen LogP contribution < -0.4 is 9.47 Å². The molecule has 62 heavy (non-hydrogen) atoms. The Morgan fingerprint density at radius 2 is 0.581 bits per heavy atom. The van der Waals surface area contributed by atoms with E-state index < -0.39 is 11.9 Å². The van der Waals surface area contributed by atoms with Gasteiger partial charge in [0.05, 0.1) is 11.1 Å². The summed E-state index contributed by atoms with van der Waals surface area (Å²) in [6, 6.07) is 75.3. The summed E-state index contributed by atoms with van der Waals surface area (Å²) in [6.45, 7) is 0. The van der Waals surface area contributed by atoms with E-state index in [1.165, 1.54) is 0 Å². The molecule has 10 aromatic carbocycles. The summed E-state index contributed by atoms with van der Waals surface area (Å²) in [5.74, 6) is -0.312. The number of carbonyl (C=O) groups is 2. The molecule has 0 aliphatic carbocycles. The first-order chi connectivity index (χ1) is 30.6. The van der Waals surface area contributed by atoms with Gasteiger partial charge in [-0.05, 0) is 91.7 Å². The molecule has 0 bridgehead atoms. The second-order valence-electron chi connectivity index (χ2n) is 15.1. The molecule has 0 aliphatic heterocycles. The van der Waals surface area contributed by atoms with Crippen molar-refractivity contribution in [1.29, 1.82) is 0 Å². The molecule has 10 rings (SSSR count). The zero-order valence-corrected chi connectivity index (χ0v) is 33.6. The highest BCUT2D eigenvalue weighted by molar-refractivity contribution is 6.13. The maximum absolute atomic E-state index is 14.6. The molecule has 0 amide bonds. The first-order valence-electron chi connectivity index (χ1n) is 20.6. The van der Waals surface area contributed by atoms with E-state index in [0.29, 0.717) is 33.8 Å². The van der Waals surface area contributed by atoms with Crippen LogP contribution in [0.4, 0.5) is 0 Å². The molecule has 4 heteroatoms. The largest absolute Gasteiger partial charge is 0.422 e. The van der Waals surface area contributed by atoms with Crippen LogP contribution in [0.1, 0.15) is 20.7 Å². The molecule has 10 aromatic rings. The summed E-state index contributed by atoms with van der Waals surface area (Å²) in [7, 11) is 0. The lowest BCUT2D eigenvalue weighted by atomic mass is 9.84. The molecule has 4 nitrogen and oxygen atoms in total. The van der Waals surface area contributed by atoms with Crippen molar-refractivity contribution >= 4 is 33.5 Å². The molecule has 0 saturated heterocycles. The molecule has 0 saturated carbocycles. The van der Waals surface area contributed by atoms with Crippen molar-refractivity contribution in [2.75, 3.05) is 0 Å². The normalized spacial score (nSPS) is 11.0. The Labute approximate surface area is 359 Å². The quantitative estimate of drug-likeness (QED) is 0.108. The zero-order valence-electron chi connectivity index (χ0n) is 33.6. The van der Waals surface area contributed by atoms with Crippen molar-refractivity contribution in [3.63, 3.8) is 0 Å². The molecule has 0 radical (unpaired) electrons. The topological polar surface area (TPSA) is 52.6 Å². The first-order valence-corrected chi connectivity index (χ1v) is 20.6. The second kappa shape index (κ2) is 16.7. The smallest absolute Gasteiger partial charge is 0.343 e. The minimum atomic E-state index is -0.514. The van der Waals surface area contributed by atoms with Gasteiger partial charge in [0.1, 0.15) is 11.5 Å². The number of fused-ring (bicyclic) bond motifs is 2. The van der Waals surface area contributed by atoms with Crippen LogP contribution in [0.15, 0.2) is 231 Å². The second-order valence-corrected chi connectivity index (χ2v) is 15.1. The van der Waals surface area contributed by atoms with Crippen molar-refractivity contribution in [3.8, 4) is 67.1 Å². The number of benzene rings is 10. The maximum atomic E-state index is 14.6. The third-order valence-corrected chi connectivity index (χ3v) is 11.3. The molecule has 294 valence electrons. The summed E-state index contributed by atoms with van der Waals surface area (Å²) in [5, 5.41) is 3.24. The highest BCUT2D eigenvalue weighted by Gasteiger charge is 2.29. The van der Waals surface area contributed by atoms with Crippen LogP contribution in [-0.4, -0.2) is 11.9 Å². The van der Waals surface area contributed by atoms with E-state index in [2.05, 4.69) is 12.1 Å². The predicted molar refractivity (Wildman–Crippen MR) is 251 cm³/mol. The van der Waals surface area contributed by atoms with Crippen molar-refractivity contribution in [1.82, 2.24) is 0 Å². The molecular formula is C58H38O4. The summed E-state index contributed by atoms with van der Waals surface area (Å²) >= 11 is 0. The SMILES string of the molecule is O=C(Oc1c(-c2c(-c3ccccc3)cc3ccccc3c2OC(=O)c2ccc(-c3ccccc3)cc2)c(-c2ccccc2)cc2ccccc12)c1ccc(-c2ccccc2)cc1. The van der Waals surface area contributed by atoms with Gasteiger partial charge in [0.15, 0.2) is 0 Å². The Balaban J connectivity index is 1.22. The number of rotatable bonds is 9. The first kappa shape index (κ1) is 37.9. The van der Waals surface area contributed by atoms with Gasteiger partial charge in [0, 0.05) is 21.9 Å². The van der Waals surface area contributed by atoms with Crippen LogP contribution >= 0.6 is 0 Å². The number of hydrogen-bond donors (Lipinski definition) is 0. The monoisotopic (exact) mass is 798 g/mol. The molecule has 0 heterocycles. The van der Waals surface area contributed by atoms with Gasteiger partial charge in [-0.1, -0.05) is 194 Å². The maximum Gasteiger partial charge on any atom is 0.343 e. The number of ether oxygens (including phenoxy) is 2.